The number of halogens is 3. The number of carboxylic acid groups (broad SMARTS) is 1. The SMILES string of the molecule is O=C(O)C1CSCN1C(=O)CCOCC(F)(F)F. The van der Waals surface area contributed by atoms with E-state index in [2.05, 4.69) is 4.74 Å². The van der Waals surface area contributed by atoms with E-state index >= 15 is 0 Å². The molecule has 1 heterocycles. The van der Waals surface area contributed by atoms with Crippen LogP contribution in [0, 0.1) is 0 Å². The number of thioether (sulfide) groups is 1. The number of nitrogens with zero attached hydrogens (tertiary/aromatic N) is 1. The van der Waals surface area contributed by atoms with Gasteiger partial charge >= 0.3 is 12.1 Å². The third-order valence-corrected chi connectivity index (χ3v) is 3.23. The van der Waals surface area contributed by atoms with Crippen LogP contribution in [-0.2, 0) is 14.3 Å². The van der Waals surface area contributed by atoms with Crippen LogP contribution in [-0.4, -0.2) is 58.9 Å². The van der Waals surface area contributed by atoms with Crippen molar-refractivity contribution in [1.82, 2.24) is 4.90 Å². The number of alkyl halides is 3. The van der Waals surface area contributed by atoms with Gasteiger partial charge in [-0.2, -0.15) is 13.2 Å². The van der Waals surface area contributed by atoms with Crippen LogP contribution < -0.4 is 0 Å². The Bertz CT molecular complexity index is 323. The number of hydrogen-bond donors (Lipinski definition) is 1. The molecule has 1 unspecified atom stereocenters. The van der Waals surface area contributed by atoms with Gasteiger partial charge in [-0.15, -0.1) is 11.8 Å². The van der Waals surface area contributed by atoms with Gasteiger partial charge in [-0.05, 0) is 0 Å². The second-order valence-corrected chi connectivity index (χ2v) is 4.63. The van der Waals surface area contributed by atoms with E-state index < -0.39 is 30.7 Å². The molecule has 5 nitrogen and oxygen atoms in total. The molecule has 0 aromatic carbocycles. The quantitative estimate of drug-likeness (QED) is 0.762. The molecule has 0 aromatic rings. The first-order chi connectivity index (χ1) is 8.31. The van der Waals surface area contributed by atoms with Crippen molar-refractivity contribution in [3.05, 3.63) is 0 Å². The lowest BCUT2D eigenvalue weighted by Crippen LogP contribution is -2.42. The van der Waals surface area contributed by atoms with Gasteiger partial charge in [0.05, 0.1) is 18.9 Å². The Hall–Kier alpha value is -0.960. The van der Waals surface area contributed by atoms with E-state index in [-0.39, 0.29) is 18.9 Å². The van der Waals surface area contributed by atoms with Gasteiger partial charge in [0.25, 0.3) is 0 Å². The largest absolute Gasteiger partial charge is 0.480 e. The molecule has 1 rings (SSSR count). The lowest BCUT2D eigenvalue weighted by molar-refractivity contribution is -0.175. The van der Waals surface area contributed by atoms with Crippen LogP contribution in [0.1, 0.15) is 6.42 Å². The molecule has 0 spiro atoms. The molecule has 1 fully saturated rings. The van der Waals surface area contributed by atoms with Crippen molar-refractivity contribution in [3.8, 4) is 0 Å². The summed E-state index contributed by atoms with van der Waals surface area (Å²) in [6.45, 7) is -1.77. The third-order valence-electron chi connectivity index (χ3n) is 2.21. The van der Waals surface area contributed by atoms with Gasteiger partial charge < -0.3 is 14.7 Å². The molecule has 0 aromatic heterocycles. The van der Waals surface area contributed by atoms with E-state index in [1.165, 1.54) is 11.8 Å². The maximum absolute atomic E-state index is 11.7. The molecule has 9 heteroatoms. The Morgan fingerprint density at radius 1 is 1.44 bits per heavy atom. The molecule has 1 aliphatic heterocycles. The topological polar surface area (TPSA) is 66.8 Å². The lowest BCUT2D eigenvalue weighted by atomic mass is 10.3. The van der Waals surface area contributed by atoms with Crippen LogP contribution in [0.3, 0.4) is 0 Å². The molecular formula is C9H12F3NO4S. The fraction of sp³-hybridized carbons (Fsp3) is 0.778. The first-order valence-electron chi connectivity index (χ1n) is 5.06. The van der Waals surface area contributed by atoms with E-state index in [0.717, 1.165) is 4.90 Å². The molecule has 1 atom stereocenters. The standard InChI is InChI=1S/C9H12F3NO4S/c10-9(11,12)4-17-2-1-7(14)13-5-18-3-6(13)8(15)16/h6H,1-5H2,(H,15,16). The number of rotatable bonds is 5. The highest BCUT2D eigenvalue weighted by Gasteiger charge is 2.34. The average molecular weight is 287 g/mol. The maximum Gasteiger partial charge on any atom is 0.411 e. The monoisotopic (exact) mass is 287 g/mol. The Balaban J connectivity index is 2.30. The van der Waals surface area contributed by atoms with Gasteiger partial charge in [0.15, 0.2) is 0 Å². The number of carbonyl (C=O) groups is 2. The molecule has 18 heavy (non-hydrogen) atoms. The zero-order valence-corrected chi connectivity index (χ0v) is 10.1. The van der Waals surface area contributed by atoms with Crippen molar-refractivity contribution in [2.24, 2.45) is 0 Å². The molecule has 0 radical (unpaired) electrons. The summed E-state index contributed by atoms with van der Waals surface area (Å²) in [5.41, 5.74) is 0. The molecule has 1 saturated heterocycles. The number of ether oxygens (including phenoxy) is 1. The van der Waals surface area contributed by atoms with Crippen molar-refractivity contribution < 1.29 is 32.6 Å². The molecule has 1 N–H and O–H groups in total. The minimum Gasteiger partial charge on any atom is -0.480 e. The van der Waals surface area contributed by atoms with Crippen LogP contribution in [0.4, 0.5) is 13.2 Å². The summed E-state index contributed by atoms with van der Waals surface area (Å²) in [7, 11) is 0. The summed E-state index contributed by atoms with van der Waals surface area (Å²) in [5.74, 6) is -1.07. The Morgan fingerprint density at radius 2 is 2.11 bits per heavy atom. The number of hydrogen-bond acceptors (Lipinski definition) is 4. The normalized spacial score (nSPS) is 20.2. The van der Waals surface area contributed by atoms with Crippen molar-refractivity contribution in [2.75, 3.05) is 24.8 Å². The van der Waals surface area contributed by atoms with Gasteiger partial charge in [-0.25, -0.2) is 4.79 Å². The number of carbonyl (C=O) groups excluding carboxylic acids is 1. The van der Waals surface area contributed by atoms with E-state index in [0.29, 0.717) is 5.75 Å². The predicted molar refractivity (Wildman–Crippen MR) is 57.1 cm³/mol. The highest BCUT2D eigenvalue weighted by molar-refractivity contribution is 7.99. The van der Waals surface area contributed by atoms with Gasteiger partial charge in [-0.1, -0.05) is 0 Å². The zero-order chi connectivity index (χ0) is 13.8. The van der Waals surface area contributed by atoms with E-state index in [1.54, 1.807) is 0 Å². The summed E-state index contributed by atoms with van der Waals surface area (Å²) >= 11 is 1.29. The van der Waals surface area contributed by atoms with Gasteiger partial charge in [0.2, 0.25) is 5.91 Å². The smallest absolute Gasteiger partial charge is 0.411 e. The summed E-state index contributed by atoms with van der Waals surface area (Å²) in [4.78, 5) is 23.5. The maximum atomic E-state index is 11.7. The summed E-state index contributed by atoms with van der Waals surface area (Å²) < 4.78 is 39.5. The minimum absolute atomic E-state index is 0.245. The van der Waals surface area contributed by atoms with Crippen LogP contribution in [0.25, 0.3) is 0 Å². The fourth-order valence-corrected chi connectivity index (χ4v) is 2.56. The van der Waals surface area contributed by atoms with Crippen LogP contribution >= 0.6 is 11.8 Å². The zero-order valence-electron chi connectivity index (χ0n) is 9.27. The van der Waals surface area contributed by atoms with Crippen molar-refractivity contribution in [2.45, 2.75) is 18.6 Å². The van der Waals surface area contributed by atoms with Crippen molar-refractivity contribution in [3.63, 3.8) is 0 Å². The fourth-order valence-electron chi connectivity index (χ4n) is 1.38. The Morgan fingerprint density at radius 3 is 2.67 bits per heavy atom. The van der Waals surface area contributed by atoms with E-state index in [1.807, 2.05) is 0 Å². The highest BCUT2D eigenvalue weighted by atomic mass is 32.2. The number of aliphatic carboxylic acids is 1. The average Bonchev–Trinajstić information content (AvgIpc) is 2.71. The number of amides is 1. The second kappa shape index (κ2) is 6.28. The summed E-state index contributed by atoms with van der Waals surface area (Å²) in [6.07, 6.45) is -4.67. The molecule has 104 valence electrons. The molecule has 0 aliphatic carbocycles. The molecule has 0 bridgehead atoms. The first-order valence-corrected chi connectivity index (χ1v) is 6.21. The van der Waals surface area contributed by atoms with Crippen molar-refractivity contribution in [1.29, 1.82) is 0 Å². The number of carboxylic acids is 1. The minimum atomic E-state index is -4.42. The third kappa shape index (κ3) is 4.73. The molecule has 1 amide bonds. The molecular weight excluding hydrogens is 275 g/mol. The van der Waals surface area contributed by atoms with Gasteiger partial charge in [0, 0.05) is 5.75 Å². The van der Waals surface area contributed by atoms with Crippen LogP contribution in [0.15, 0.2) is 0 Å². The van der Waals surface area contributed by atoms with E-state index in [9.17, 15) is 22.8 Å². The van der Waals surface area contributed by atoms with Gasteiger partial charge in [-0.3, -0.25) is 4.79 Å². The highest BCUT2D eigenvalue weighted by Crippen LogP contribution is 2.22. The Kier molecular flexibility index (Phi) is 5.27. The molecule has 1 aliphatic rings. The second-order valence-electron chi connectivity index (χ2n) is 3.64. The first kappa shape index (κ1) is 15.1. The predicted octanol–water partition coefficient (Wildman–Crippen LogP) is 0.941. The summed E-state index contributed by atoms with van der Waals surface area (Å²) in [6, 6.07) is -0.898. The van der Waals surface area contributed by atoms with Crippen molar-refractivity contribution >= 4 is 23.6 Å². The Labute approximate surface area is 105 Å². The molecule has 0 saturated carbocycles. The van der Waals surface area contributed by atoms with Crippen LogP contribution in [0.5, 0.6) is 0 Å². The lowest BCUT2D eigenvalue weighted by Gasteiger charge is -2.20. The summed E-state index contributed by atoms with van der Waals surface area (Å²) in [5, 5.41) is 8.82. The van der Waals surface area contributed by atoms with Crippen LogP contribution in [0.2, 0.25) is 0 Å². The van der Waals surface area contributed by atoms with Gasteiger partial charge in [0.1, 0.15) is 12.6 Å². The van der Waals surface area contributed by atoms with E-state index in [4.69, 9.17) is 5.11 Å².